The van der Waals surface area contributed by atoms with Crippen LogP contribution in [0, 0.1) is 12.3 Å². The largest absolute Gasteiger partial charge is 1.00 e. The first-order valence-corrected chi connectivity index (χ1v) is 3.04. The molecule has 0 saturated heterocycles. The molecule has 0 bridgehead atoms. The van der Waals surface area contributed by atoms with E-state index in [1.165, 1.54) is 5.92 Å². The van der Waals surface area contributed by atoms with Crippen molar-refractivity contribution >= 4 is 10.1 Å². The van der Waals surface area contributed by atoms with E-state index in [1.807, 2.05) is 0 Å². The molecule has 0 aromatic heterocycles. The molecule has 4 nitrogen and oxygen atoms in total. The zero-order valence-electron chi connectivity index (χ0n) is 4.73. The number of aliphatic hydroxyl groups excluding tert-OH is 1. The minimum Gasteiger partial charge on any atom is -0.745 e. The maximum Gasteiger partial charge on any atom is 1.00 e. The Morgan fingerprint density at radius 1 is 1.67 bits per heavy atom. The van der Waals surface area contributed by atoms with E-state index in [0.29, 0.717) is 0 Å². The van der Waals surface area contributed by atoms with Crippen LogP contribution in [0.2, 0.25) is 0 Å². The van der Waals surface area contributed by atoms with Crippen LogP contribution < -0.4 is 29.6 Å². The number of rotatable bonds is 1. The van der Waals surface area contributed by atoms with Crippen LogP contribution in [0.1, 0.15) is 0 Å². The Balaban J connectivity index is 0. The molecular weight excluding hydrogens is 155 g/mol. The van der Waals surface area contributed by atoms with E-state index >= 15 is 0 Å². The summed E-state index contributed by atoms with van der Waals surface area (Å²) in [6.07, 6.45) is 4.38. The van der Waals surface area contributed by atoms with E-state index in [0.717, 1.165) is 0 Å². The fourth-order valence-corrected chi connectivity index (χ4v) is 0.250. The smallest absolute Gasteiger partial charge is 0.745 e. The molecule has 9 heavy (non-hydrogen) atoms. The van der Waals surface area contributed by atoms with Gasteiger partial charge in [0.15, 0.2) is 0 Å². The molecule has 1 N–H and O–H groups in total. The molecule has 1 atom stereocenters. The first-order chi connectivity index (χ1) is 3.48. The van der Waals surface area contributed by atoms with E-state index in [9.17, 15) is 13.0 Å². The third kappa shape index (κ3) is 4.90. The summed E-state index contributed by atoms with van der Waals surface area (Å²) in [6, 6.07) is 0. The Labute approximate surface area is 75.3 Å². The maximum absolute atomic E-state index is 9.61. The summed E-state index contributed by atoms with van der Waals surface area (Å²) in [6.45, 7) is 0. The van der Waals surface area contributed by atoms with Crippen LogP contribution in [0.25, 0.3) is 0 Å². The second kappa shape index (κ2) is 4.28. The molecule has 0 aliphatic rings. The van der Waals surface area contributed by atoms with Gasteiger partial charge in [0.2, 0.25) is 5.44 Å². The van der Waals surface area contributed by atoms with Crippen molar-refractivity contribution in [1.82, 2.24) is 0 Å². The zero-order valence-corrected chi connectivity index (χ0v) is 7.55. The van der Waals surface area contributed by atoms with Crippen LogP contribution in [0.4, 0.5) is 0 Å². The van der Waals surface area contributed by atoms with Crippen molar-refractivity contribution in [1.29, 1.82) is 0 Å². The Bertz CT molecular complexity index is 200. The summed E-state index contributed by atoms with van der Waals surface area (Å²) < 4.78 is 28.8. The van der Waals surface area contributed by atoms with E-state index in [2.05, 4.69) is 6.42 Å². The molecule has 0 aliphatic heterocycles. The van der Waals surface area contributed by atoms with E-state index < -0.39 is 15.6 Å². The molecule has 6 heteroatoms. The fraction of sp³-hybridized carbons (Fsp3) is 0.333. The van der Waals surface area contributed by atoms with Crippen molar-refractivity contribution in [3.63, 3.8) is 0 Å². The molecule has 0 aliphatic carbocycles. The molecule has 0 rings (SSSR count). The number of terminal acetylenes is 1. The molecular formula is C3H3NaO4S. The fourth-order valence-electron chi connectivity index (χ4n) is 0.0833. The zero-order chi connectivity index (χ0) is 6.78. The molecule has 0 aromatic rings. The molecule has 0 saturated carbocycles. The van der Waals surface area contributed by atoms with E-state index in [1.54, 1.807) is 0 Å². The second-order valence-electron chi connectivity index (χ2n) is 1.01. The molecule has 46 valence electrons. The molecule has 0 radical (unpaired) electrons. The van der Waals surface area contributed by atoms with Gasteiger partial charge < -0.3 is 9.66 Å². The number of aliphatic hydroxyl groups is 1. The van der Waals surface area contributed by atoms with Crippen LogP contribution in [-0.4, -0.2) is 23.5 Å². The molecule has 0 fully saturated rings. The van der Waals surface area contributed by atoms with Crippen molar-refractivity contribution in [3.8, 4) is 12.3 Å². The summed E-state index contributed by atoms with van der Waals surface area (Å²) in [5.74, 6) is 1.36. The normalized spacial score (nSPS) is 13.0. The summed E-state index contributed by atoms with van der Waals surface area (Å²) in [4.78, 5) is 0. The Morgan fingerprint density at radius 2 is 2.00 bits per heavy atom. The molecule has 1 unspecified atom stereocenters. The van der Waals surface area contributed by atoms with Crippen LogP contribution >= 0.6 is 0 Å². The quantitative estimate of drug-likeness (QED) is 0.237. The van der Waals surface area contributed by atoms with Gasteiger partial charge in [-0.3, -0.25) is 0 Å². The minimum atomic E-state index is -4.68. The minimum absolute atomic E-state index is 0. The standard InChI is InChI=1S/C3H4O4S.Na/c1-2-3(4)8(5,6)7;/h1,3-4H,(H,5,6,7);/q;+1/p-1. The molecule has 0 spiro atoms. The van der Waals surface area contributed by atoms with Gasteiger partial charge in [0.05, 0.1) is 0 Å². The van der Waals surface area contributed by atoms with Crippen LogP contribution in [0.3, 0.4) is 0 Å². The van der Waals surface area contributed by atoms with Gasteiger partial charge in [0, 0.05) is 0 Å². The second-order valence-corrected chi connectivity index (χ2v) is 2.44. The number of hydrogen-bond acceptors (Lipinski definition) is 4. The van der Waals surface area contributed by atoms with Crippen LogP contribution in [-0.2, 0) is 10.1 Å². The van der Waals surface area contributed by atoms with Gasteiger partial charge >= 0.3 is 29.6 Å². The third-order valence-corrected chi connectivity index (χ3v) is 1.10. The predicted octanol–water partition coefficient (Wildman–Crippen LogP) is -4.51. The first kappa shape index (κ1) is 12.1. The SMILES string of the molecule is C#CC(O)S(=O)(=O)[O-].[Na+]. The summed E-state index contributed by atoms with van der Waals surface area (Å²) in [5.41, 5.74) is -2.21. The monoisotopic (exact) mass is 158 g/mol. The third-order valence-electron chi connectivity index (χ3n) is 0.416. The van der Waals surface area contributed by atoms with Crippen molar-refractivity contribution in [2.75, 3.05) is 0 Å². The molecule has 0 heterocycles. The van der Waals surface area contributed by atoms with Gasteiger partial charge in [-0.15, -0.1) is 6.42 Å². The predicted molar refractivity (Wildman–Crippen MR) is 24.5 cm³/mol. The molecule has 0 aromatic carbocycles. The Hall–Kier alpha value is 0.430. The van der Waals surface area contributed by atoms with Gasteiger partial charge in [-0.05, 0) is 0 Å². The van der Waals surface area contributed by atoms with Gasteiger partial charge in [0.25, 0.3) is 0 Å². The van der Waals surface area contributed by atoms with Crippen molar-refractivity contribution < 1.29 is 47.6 Å². The van der Waals surface area contributed by atoms with E-state index in [4.69, 9.17) is 5.11 Å². The van der Waals surface area contributed by atoms with Gasteiger partial charge in [-0.1, -0.05) is 5.92 Å². The van der Waals surface area contributed by atoms with Crippen molar-refractivity contribution in [3.05, 3.63) is 0 Å². The Morgan fingerprint density at radius 3 is 2.00 bits per heavy atom. The van der Waals surface area contributed by atoms with Gasteiger partial charge in [-0.2, -0.15) is 0 Å². The summed E-state index contributed by atoms with van der Waals surface area (Å²) in [7, 11) is -4.68. The average Bonchev–Trinajstić information content (AvgIpc) is 1.62. The van der Waals surface area contributed by atoms with Gasteiger partial charge in [0.1, 0.15) is 10.1 Å². The number of hydrogen-bond donors (Lipinski definition) is 1. The van der Waals surface area contributed by atoms with Crippen LogP contribution in [0.5, 0.6) is 0 Å². The topological polar surface area (TPSA) is 77.4 Å². The van der Waals surface area contributed by atoms with Crippen molar-refractivity contribution in [2.45, 2.75) is 5.44 Å². The average molecular weight is 158 g/mol. The van der Waals surface area contributed by atoms with E-state index in [-0.39, 0.29) is 29.6 Å². The first-order valence-electron chi connectivity index (χ1n) is 1.57. The van der Waals surface area contributed by atoms with Gasteiger partial charge in [-0.25, -0.2) is 8.42 Å². The maximum atomic E-state index is 9.61. The van der Waals surface area contributed by atoms with Crippen LogP contribution in [0.15, 0.2) is 0 Å². The summed E-state index contributed by atoms with van der Waals surface area (Å²) in [5, 5.41) is 8.06. The van der Waals surface area contributed by atoms with Crippen molar-refractivity contribution in [2.24, 2.45) is 0 Å². The Kier molecular flexibility index (Phi) is 5.77. The summed E-state index contributed by atoms with van der Waals surface area (Å²) >= 11 is 0. The molecule has 0 amide bonds.